The molecular weight excluding hydrogens is 404 g/mol. The fourth-order valence-corrected chi connectivity index (χ4v) is 4.70. The molecule has 1 aliphatic rings. The lowest BCUT2D eigenvalue weighted by atomic mass is 9.66. The Labute approximate surface area is 177 Å². The van der Waals surface area contributed by atoms with E-state index in [1.54, 1.807) is 24.3 Å². The Morgan fingerprint density at radius 3 is 1.32 bits per heavy atom. The van der Waals surface area contributed by atoms with Gasteiger partial charge in [0.15, 0.2) is 0 Å². The summed E-state index contributed by atoms with van der Waals surface area (Å²) in [5, 5.41) is 37.9. The number of benzene rings is 2. The summed E-state index contributed by atoms with van der Waals surface area (Å²) in [7, 11) is 0. The van der Waals surface area contributed by atoms with E-state index in [0.29, 0.717) is 11.1 Å². The van der Waals surface area contributed by atoms with Crippen LogP contribution in [0.4, 0.5) is 0 Å². The summed E-state index contributed by atoms with van der Waals surface area (Å²) in [6, 6.07) is 14.3. The Hall–Kier alpha value is -3.68. The highest BCUT2D eigenvalue weighted by Crippen LogP contribution is 2.55. The Kier molecular flexibility index (Phi) is 6.10. The summed E-state index contributed by atoms with van der Waals surface area (Å²) in [5.41, 5.74) is 1.83. The van der Waals surface area contributed by atoms with Gasteiger partial charge in [0, 0.05) is 5.41 Å². The van der Waals surface area contributed by atoms with Gasteiger partial charge in [0.2, 0.25) is 0 Å². The van der Waals surface area contributed by atoms with Crippen molar-refractivity contribution < 1.29 is 39.6 Å². The summed E-state index contributed by atoms with van der Waals surface area (Å²) in [4.78, 5) is 46.5. The van der Waals surface area contributed by atoms with Crippen molar-refractivity contribution >= 4 is 23.9 Å². The van der Waals surface area contributed by atoms with E-state index in [-0.39, 0.29) is 12.8 Å². The van der Waals surface area contributed by atoms with E-state index < -0.39 is 54.0 Å². The molecule has 0 bridgehead atoms. The van der Waals surface area contributed by atoms with E-state index in [2.05, 4.69) is 0 Å². The number of aliphatic carboxylic acids is 4. The second-order valence-electron chi connectivity index (χ2n) is 7.85. The molecule has 2 aromatic rings. The van der Waals surface area contributed by atoms with Gasteiger partial charge in [-0.25, -0.2) is 0 Å². The molecular formula is C23H22O8. The molecule has 31 heavy (non-hydrogen) atoms. The quantitative estimate of drug-likeness (QED) is 0.453. The molecule has 0 amide bonds. The van der Waals surface area contributed by atoms with Gasteiger partial charge in [0.25, 0.3) is 0 Å². The van der Waals surface area contributed by atoms with Crippen LogP contribution in [0, 0.1) is 11.8 Å². The zero-order valence-corrected chi connectivity index (χ0v) is 16.5. The first-order valence-electron chi connectivity index (χ1n) is 9.74. The van der Waals surface area contributed by atoms with Gasteiger partial charge in [-0.1, -0.05) is 48.5 Å². The third-order valence-electron chi connectivity index (χ3n) is 5.91. The molecule has 2 unspecified atom stereocenters. The topological polar surface area (TPSA) is 149 Å². The predicted molar refractivity (Wildman–Crippen MR) is 109 cm³/mol. The van der Waals surface area contributed by atoms with Crippen LogP contribution in [0.3, 0.4) is 0 Å². The van der Waals surface area contributed by atoms with Crippen LogP contribution in [0.5, 0.6) is 0 Å². The first-order valence-corrected chi connectivity index (χ1v) is 9.74. The fraction of sp³-hybridized carbons (Fsp3) is 0.304. The van der Waals surface area contributed by atoms with Crippen molar-refractivity contribution in [2.75, 3.05) is 0 Å². The molecule has 0 radical (unpaired) electrons. The van der Waals surface area contributed by atoms with E-state index in [1.807, 2.05) is 24.3 Å². The van der Waals surface area contributed by atoms with Gasteiger partial charge < -0.3 is 20.4 Å². The molecule has 8 nitrogen and oxygen atoms in total. The molecule has 0 aliphatic heterocycles. The number of carboxylic acid groups (broad SMARTS) is 4. The van der Waals surface area contributed by atoms with Gasteiger partial charge in [0.1, 0.15) is 0 Å². The molecule has 4 N–H and O–H groups in total. The lowest BCUT2D eigenvalue weighted by Crippen LogP contribution is -2.36. The summed E-state index contributed by atoms with van der Waals surface area (Å²) in [6.45, 7) is 0. The average Bonchev–Trinajstić information content (AvgIpc) is 2.97. The summed E-state index contributed by atoms with van der Waals surface area (Å²) < 4.78 is 0. The Balaban J connectivity index is 2.22. The molecule has 0 saturated carbocycles. The van der Waals surface area contributed by atoms with E-state index >= 15 is 0 Å². The number of hydrogen-bond donors (Lipinski definition) is 4. The van der Waals surface area contributed by atoms with Crippen molar-refractivity contribution in [3.63, 3.8) is 0 Å². The molecule has 0 fully saturated rings. The van der Waals surface area contributed by atoms with Crippen LogP contribution in [-0.2, 0) is 24.6 Å². The van der Waals surface area contributed by atoms with Crippen LogP contribution in [0.15, 0.2) is 48.5 Å². The highest BCUT2D eigenvalue weighted by molar-refractivity contribution is 5.84. The smallest absolute Gasteiger partial charge is 0.307 e. The predicted octanol–water partition coefficient (Wildman–Crippen LogP) is 3.08. The van der Waals surface area contributed by atoms with Crippen molar-refractivity contribution in [3.8, 4) is 11.1 Å². The van der Waals surface area contributed by atoms with Crippen LogP contribution in [0.1, 0.15) is 36.8 Å². The van der Waals surface area contributed by atoms with Gasteiger partial charge in [0.05, 0.1) is 24.7 Å². The van der Waals surface area contributed by atoms with Crippen molar-refractivity contribution in [3.05, 3.63) is 59.7 Å². The Bertz CT molecular complexity index is 958. The van der Waals surface area contributed by atoms with Crippen molar-refractivity contribution in [1.29, 1.82) is 0 Å². The van der Waals surface area contributed by atoms with Crippen LogP contribution in [-0.4, -0.2) is 44.3 Å². The molecule has 3 rings (SSSR count). The Morgan fingerprint density at radius 2 is 1.00 bits per heavy atom. The number of carboxylic acids is 4. The maximum absolute atomic E-state index is 11.9. The van der Waals surface area contributed by atoms with Crippen LogP contribution < -0.4 is 0 Å². The molecule has 2 aromatic carbocycles. The van der Waals surface area contributed by atoms with Crippen LogP contribution in [0.2, 0.25) is 0 Å². The van der Waals surface area contributed by atoms with Gasteiger partial charge in [-0.2, -0.15) is 0 Å². The molecule has 2 atom stereocenters. The highest BCUT2D eigenvalue weighted by atomic mass is 16.4. The number of carbonyl (C=O) groups is 4. The average molecular weight is 426 g/mol. The second kappa shape index (κ2) is 8.59. The second-order valence-corrected chi connectivity index (χ2v) is 7.85. The van der Waals surface area contributed by atoms with Gasteiger partial charge in [-0.15, -0.1) is 0 Å². The molecule has 0 spiro atoms. The maximum Gasteiger partial charge on any atom is 0.307 e. The minimum atomic E-state index is -1.30. The lowest BCUT2D eigenvalue weighted by Gasteiger charge is -2.36. The fourth-order valence-electron chi connectivity index (χ4n) is 4.70. The molecule has 8 heteroatoms. The molecule has 1 aliphatic carbocycles. The largest absolute Gasteiger partial charge is 0.481 e. The zero-order valence-electron chi connectivity index (χ0n) is 16.5. The number of fused-ring (bicyclic) bond motifs is 3. The van der Waals surface area contributed by atoms with Crippen molar-refractivity contribution in [2.45, 2.75) is 31.1 Å². The van der Waals surface area contributed by atoms with E-state index in [1.165, 1.54) is 0 Å². The summed E-state index contributed by atoms with van der Waals surface area (Å²) in [5.74, 6) is -7.71. The third-order valence-corrected chi connectivity index (χ3v) is 5.91. The molecule has 0 aromatic heterocycles. The van der Waals surface area contributed by atoms with Crippen LogP contribution in [0.25, 0.3) is 11.1 Å². The molecule has 0 saturated heterocycles. The Morgan fingerprint density at radius 1 is 0.645 bits per heavy atom. The lowest BCUT2D eigenvalue weighted by molar-refractivity contribution is -0.150. The molecule has 162 valence electrons. The van der Waals surface area contributed by atoms with Crippen molar-refractivity contribution in [2.24, 2.45) is 11.8 Å². The minimum Gasteiger partial charge on any atom is -0.481 e. The number of rotatable bonds is 10. The van der Waals surface area contributed by atoms with Gasteiger partial charge in [-0.05, 0) is 35.1 Å². The maximum atomic E-state index is 11.9. The zero-order chi connectivity index (χ0) is 22.8. The minimum absolute atomic E-state index is 0.161. The van der Waals surface area contributed by atoms with Gasteiger partial charge >= 0.3 is 23.9 Å². The first-order chi connectivity index (χ1) is 14.7. The van der Waals surface area contributed by atoms with Crippen LogP contribution >= 0.6 is 0 Å². The van der Waals surface area contributed by atoms with E-state index in [4.69, 9.17) is 0 Å². The summed E-state index contributed by atoms with van der Waals surface area (Å²) >= 11 is 0. The highest BCUT2D eigenvalue weighted by Gasteiger charge is 2.48. The third kappa shape index (κ3) is 4.28. The van der Waals surface area contributed by atoms with E-state index in [0.717, 1.165) is 11.1 Å². The van der Waals surface area contributed by atoms with Gasteiger partial charge in [-0.3, -0.25) is 19.2 Å². The standard InChI is InChI=1S/C23H22O8/c24-19(25)9-13(21(28)29)11-23(12-14(22(30)31)10-20(26)27)17-7-3-1-5-15(17)16-6-2-4-8-18(16)23/h1-8,13-14H,9-12H2,(H,24,25)(H,26,27)(H,28,29)(H,30,31). The van der Waals surface area contributed by atoms with Crippen molar-refractivity contribution in [1.82, 2.24) is 0 Å². The normalized spacial score (nSPS) is 15.4. The number of hydrogen-bond acceptors (Lipinski definition) is 4. The monoisotopic (exact) mass is 426 g/mol. The summed E-state index contributed by atoms with van der Waals surface area (Å²) in [6.07, 6.45) is -1.58. The first kappa shape index (κ1) is 22.0. The molecule has 0 heterocycles. The van der Waals surface area contributed by atoms with E-state index in [9.17, 15) is 39.6 Å². The SMILES string of the molecule is O=C(O)CC(CC1(CC(CC(=O)O)C(=O)O)c2ccccc2-c2ccccc21)C(=O)O.